The van der Waals surface area contributed by atoms with Gasteiger partial charge in [-0.2, -0.15) is 5.10 Å². The van der Waals surface area contributed by atoms with E-state index in [2.05, 4.69) is 10.2 Å². The van der Waals surface area contributed by atoms with Crippen molar-refractivity contribution in [1.82, 2.24) is 20.0 Å². The van der Waals surface area contributed by atoms with E-state index in [-0.39, 0.29) is 0 Å². The Labute approximate surface area is 217 Å². The van der Waals surface area contributed by atoms with Crippen LogP contribution in [0.15, 0.2) is 42.5 Å². The number of halogens is 3. The summed E-state index contributed by atoms with van der Waals surface area (Å²) < 4.78 is 1.95. The molecule has 2 aliphatic carbocycles. The molecule has 2 aromatic carbocycles. The normalized spacial score (nSPS) is 16.8. The lowest BCUT2D eigenvalue weighted by atomic mass is 9.90. The molecule has 2 saturated carbocycles. The molecule has 174 valence electrons. The van der Waals surface area contributed by atoms with E-state index in [0.29, 0.717) is 26.9 Å². The van der Waals surface area contributed by atoms with Crippen LogP contribution < -0.4 is 0 Å². The molecule has 0 spiro atoms. The molecule has 0 N–H and O–H groups in total. The van der Waals surface area contributed by atoms with Crippen LogP contribution in [0.3, 0.4) is 0 Å². The number of nitrogens with zero attached hydrogens (tertiary/aromatic N) is 4. The van der Waals surface area contributed by atoms with E-state index in [9.17, 15) is 0 Å². The van der Waals surface area contributed by atoms with Crippen molar-refractivity contribution >= 4 is 46.1 Å². The van der Waals surface area contributed by atoms with Gasteiger partial charge in [0.25, 0.3) is 0 Å². The molecular weight excluding hydrogens is 507 g/mol. The molecule has 0 saturated heterocycles. The maximum Gasteiger partial charge on any atom is 0.168 e. The van der Waals surface area contributed by atoms with Gasteiger partial charge in [-0.05, 0) is 61.9 Å². The van der Waals surface area contributed by atoms with E-state index >= 15 is 0 Å². The van der Waals surface area contributed by atoms with Gasteiger partial charge in [0, 0.05) is 27.1 Å². The number of aromatic nitrogens is 4. The van der Waals surface area contributed by atoms with Crippen LogP contribution in [0.25, 0.3) is 27.6 Å². The second-order valence-corrected chi connectivity index (χ2v) is 11.5. The molecule has 4 aromatic rings. The van der Waals surface area contributed by atoms with Gasteiger partial charge >= 0.3 is 0 Å². The molecular formula is C26H23Cl3N4S. The van der Waals surface area contributed by atoms with Crippen LogP contribution in [-0.2, 0) is 0 Å². The second kappa shape index (κ2) is 9.27. The third-order valence-corrected chi connectivity index (χ3v) is 8.64. The Balaban J connectivity index is 1.54. The summed E-state index contributed by atoms with van der Waals surface area (Å²) in [5.74, 6) is 0.968. The standard InChI is InChI=1S/C26H23Cl3N4S/c27-18-10-8-16(9-11-18)24-22(15-6-7-15)23(32-33(24)21-13-12-19(28)14-20(21)29)26-31-30-25(34-26)17-4-2-1-3-5-17/h8-15,17H,1-7H2. The minimum atomic E-state index is 0.447. The smallest absolute Gasteiger partial charge is 0.168 e. The predicted molar refractivity (Wildman–Crippen MR) is 141 cm³/mol. The highest BCUT2D eigenvalue weighted by molar-refractivity contribution is 7.14. The summed E-state index contributed by atoms with van der Waals surface area (Å²) in [7, 11) is 0. The Morgan fingerprint density at radius 1 is 0.794 bits per heavy atom. The molecule has 0 amide bonds. The molecule has 2 fully saturated rings. The van der Waals surface area contributed by atoms with Gasteiger partial charge in [-0.3, -0.25) is 0 Å². The molecule has 8 heteroatoms. The van der Waals surface area contributed by atoms with Gasteiger partial charge in [0.15, 0.2) is 5.01 Å². The molecule has 2 heterocycles. The summed E-state index contributed by atoms with van der Waals surface area (Å²) in [4.78, 5) is 0. The number of hydrogen-bond donors (Lipinski definition) is 0. The monoisotopic (exact) mass is 528 g/mol. The first-order valence-electron chi connectivity index (χ1n) is 11.8. The number of rotatable bonds is 5. The van der Waals surface area contributed by atoms with Crippen molar-refractivity contribution in [2.75, 3.05) is 0 Å². The number of benzene rings is 2. The molecule has 0 radical (unpaired) electrons. The molecule has 0 bridgehead atoms. The van der Waals surface area contributed by atoms with Gasteiger partial charge in [0.05, 0.1) is 16.4 Å². The fraction of sp³-hybridized carbons (Fsp3) is 0.346. The quantitative estimate of drug-likeness (QED) is 0.259. The van der Waals surface area contributed by atoms with Gasteiger partial charge in [0.1, 0.15) is 10.7 Å². The first-order valence-corrected chi connectivity index (χ1v) is 13.7. The van der Waals surface area contributed by atoms with E-state index in [1.807, 2.05) is 41.1 Å². The Hall–Kier alpha value is -1.92. The fourth-order valence-corrected chi connectivity index (χ4v) is 6.53. The van der Waals surface area contributed by atoms with Crippen LogP contribution in [0.4, 0.5) is 0 Å². The zero-order chi connectivity index (χ0) is 23.2. The maximum atomic E-state index is 6.67. The fourth-order valence-electron chi connectivity index (χ4n) is 4.90. The van der Waals surface area contributed by atoms with Crippen molar-refractivity contribution in [3.05, 3.63) is 68.1 Å². The average Bonchev–Trinajstić information content (AvgIpc) is 3.43. The van der Waals surface area contributed by atoms with Gasteiger partial charge in [0.2, 0.25) is 0 Å². The molecule has 6 rings (SSSR count). The molecule has 34 heavy (non-hydrogen) atoms. The second-order valence-electron chi connectivity index (χ2n) is 9.18. The lowest BCUT2D eigenvalue weighted by Crippen LogP contribution is -2.03. The van der Waals surface area contributed by atoms with Crippen LogP contribution in [0, 0.1) is 0 Å². The third-order valence-electron chi connectivity index (χ3n) is 6.76. The summed E-state index contributed by atoms with van der Waals surface area (Å²) in [5.41, 5.74) is 5.01. The Morgan fingerprint density at radius 3 is 2.24 bits per heavy atom. The first kappa shape index (κ1) is 22.5. The van der Waals surface area contributed by atoms with Crippen LogP contribution >= 0.6 is 46.1 Å². The highest BCUT2D eigenvalue weighted by Gasteiger charge is 2.35. The van der Waals surface area contributed by atoms with Crippen molar-refractivity contribution in [3.8, 4) is 27.6 Å². The van der Waals surface area contributed by atoms with Crippen LogP contribution in [0.2, 0.25) is 15.1 Å². The minimum Gasteiger partial charge on any atom is -0.231 e. The van der Waals surface area contributed by atoms with Crippen LogP contribution in [0.1, 0.15) is 67.4 Å². The zero-order valence-corrected chi connectivity index (χ0v) is 21.6. The molecule has 0 unspecified atom stereocenters. The highest BCUT2D eigenvalue weighted by Crippen LogP contribution is 2.50. The summed E-state index contributed by atoms with van der Waals surface area (Å²) in [5, 5.41) is 18.3. The highest BCUT2D eigenvalue weighted by atomic mass is 35.5. The van der Waals surface area contributed by atoms with E-state index in [1.165, 1.54) is 37.7 Å². The first-order chi connectivity index (χ1) is 16.6. The summed E-state index contributed by atoms with van der Waals surface area (Å²) >= 11 is 20.8. The van der Waals surface area contributed by atoms with E-state index in [1.54, 1.807) is 17.4 Å². The molecule has 0 aliphatic heterocycles. The Bertz CT molecular complexity index is 1330. The maximum absolute atomic E-state index is 6.67. The Morgan fingerprint density at radius 2 is 1.53 bits per heavy atom. The minimum absolute atomic E-state index is 0.447. The van der Waals surface area contributed by atoms with Gasteiger partial charge in [-0.15, -0.1) is 10.2 Å². The molecule has 4 nitrogen and oxygen atoms in total. The summed E-state index contributed by atoms with van der Waals surface area (Å²) in [6, 6.07) is 13.4. The van der Waals surface area contributed by atoms with Crippen molar-refractivity contribution in [2.45, 2.75) is 56.8 Å². The average molecular weight is 530 g/mol. The SMILES string of the molecule is Clc1ccc(-c2c(C3CC3)c(-c3nnc(C4CCCCC4)s3)nn2-c2ccc(Cl)cc2Cl)cc1. The predicted octanol–water partition coefficient (Wildman–Crippen LogP) is 8.94. The van der Waals surface area contributed by atoms with E-state index in [0.717, 1.165) is 45.5 Å². The summed E-state index contributed by atoms with van der Waals surface area (Å²) in [6.45, 7) is 0. The lowest BCUT2D eigenvalue weighted by Gasteiger charge is -2.18. The van der Waals surface area contributed by atoms with E-state index < -0.39 is 0 Å². The lowest BCUT2D eigenvalue weighted by molar-refractivity contribution is 0.440. The van der Waals surface area contributed by atoms with E-state index in [4.69, 9.17) is 39.9 Å². The van der Waals surface area contributed by atoms with Crippen molar-refractivity contribution in [1.29, 1.82) is 0 Å². The molecule has 0 atom stereocenters. The Kier molecular flexibility index (Phi) is 6.14. The third kappa shape index (κ3) is 4.28. The van der Waals surface area contributed by atoms with Gasteiger partial charge < -0.3 is 0 Å². The van der Waals surface area contributed by atoms with Crippen LogP contribution in [-0.4, -0.2) is 20.0 Å². The van der Waals surface area contributed by atoms with Crippen LogP contribution in [0.5, 0.6) is 0 Å². The molecule has 2 aliphatic rings. The number of hydrogen-bond acceptors (Lipinski definition) is 4. The van der Waals surface area contributed by atoms with Gasteiger partial charge in [-0.1, -0.05) is 77.5 Å². The largest absolute Gasteiger partial charge is 0.231 e. The van der Waals surface area contributed by atoms with Crippen molar-refractivity contribution < 1.29 is 0 Å². The van der Waals surface area contributed by atoms with Gasteiger partial charge in [-0.25, -0.2) is 4.68 Å². The van der Waals surface area contributed by atoms with Crippen molar-refractivity contribution in [3.63, 3.8) is 0 Å². The summed E-state index contributed by atoms with van der Waals surface area (Å²) in [6.07, 6.45) is 8.56. The van der Waals surface area contributed by atoms with Crippen molar-refractivity contribution in [2.24, 2.45) is 0 Å². The topological polar surface area (TPSA) is 43.6 Å². The zero-order valence-electron chi connectivity index (χ0n) is 18.5. The molecule has 2 aromatic heterocycles.